The van der Waals surface area contributed by atoms with Crippen LogP contribution in [0.3, 0.4) is 0 Å². The summed E-state index contributed by atoms with van der Waals surface area (Å²) < 4.78 is 22.3. The molecule has 274 valence electrons. The molecule has 6 heteroatoms. The van der Waals surface area contributed by atoms with E-state index in [-0.39, 0.29) is 24.1 Å². The topological polar surface area (TPSA) is 71.1 Å². The number of carbonyl (C=O) groups is 2. The van der Waals surface area contributed by atoms with E-state index in [0.29, 0.717) is 38.9 Å². The Labute approximate surface area is 286 Å². The van der Waals surface area contributed by atoms with Gasteiger partial charge in [0, 0.05) is 26.1 Å². The lowest BCUT2D eigenvalue weighted by atomic mass is 10.1. The van der Waals surface area contributed by atoms with Gasteiger partial charge in [-0.3, -0.25) is 9.59 Å². The van der Waals surface area contributed by atoms with E-state index in [2.05, 4.69) is 13.8 Å². The fourth-order valence-electron chi connectivity index (χ4n) is 5.76. The van der Waals surface area contributed by atoms with E-state index < -0.39 is 0 Å². The molecule has 2 unspecified atom stereocenters. The van der Waals surface area contributed by atoms with Gasteiger partial charge in [0.1, 0.15) is 12.2 Å². The van der Waals surface area contributed by atoms with Gasteiger partial charge in [-0.15, -0.1) is 0 Å². The van der Waals surface area contributed by atoms with Gasteiger partial charge in [0.25, 0.3) is 0 Å². The van der Waals surface area contributed by atoms with E-state index in [1.54, 1.807) is 0 Å². The van der Waals surface area contributed by atoms with Gasteiger partial charge in [-0.05, 0) is 39.5 Å². The number of hydrogen-bond acceptors (Lipinski definition) is 6. The van der Waals surface area contributed by atoms with Crippen LogP contribution in [0.4, 0.5) is 0 Å². The number of esters is 2. The molecule has 0 aromatic carbocycles. The van der Waals surface area contributed by atoms with Crippen LogP contribution in [0.1, 0.15) is 207 Å². The maximum atomic E-state index is 12.1. The second-order valence-corrected chi connectivity index (χ2v) is 13.7. The molecule has 0 spiro atoms. The minimum atomic E-state index is -0.245. The molecule has 0 saturated heterocycles. The van der Waals surface area contributed by atoms with Crippen LogP contribution in [0.5, 0.6) is 0 Å². The first kappa shape index (κ1) is 44.9. The van der Waals surface area contributed by atoms with Crippen molar-refractivity contribution in [1.82, 2.24) is 0 Å². The first-order valence-electron chi connectivity index (χ1n) is 20.0. The lowest BCUT2D eigenvalue weighted by Crippen LogP contribution is -2.21. The molecule has 0 radical (unpaired) electrons. The molecule has 6 nitrogen and oxygen atoms in total. The van der Waals surface area contributed by atoms with E-state index in [9.17, 15) is 9.59 Å². The Morgan fingerprint density at radius 3 is 0.935 bits per heavy atom. The summed E-state index contributed by atoms with van der Waals surface area (Å²) in [6.07, 6.45) is 33.2. The van der Waals surface area contributed by atoms with Gasteiger partial charge in [-0.2, -0.15) is 0 Å². The molecule has 0 rings (SSSR count). The summed E-state index contributed by atoms with van der Waals surface area (Å²) in [6.45, 7) is 10.6. The Bertz CT molecular complexity index is 585. The summed E-state index contributed by atoms with van der Waals surface area (Å²) in [6, 6.07) is 0. The van der Waals surface area contributed by atoms with E-state index in [1.165, 1.54) is 141 Å². The van der Waals surface area contributed by atoms with E-state index in [0.717, 1.165) is 26.1 Å². The van der Waals surface area contributed by atoms with Crippen LogP contribution < -0.4 is 0 Å². The predicted molar refractivity (Wildman–Crippen MR) is 193 cm³/mol. The summed E-state index contributed by atoms with van der Waals surface area (Å²) in [5.74, 6) is -0.455. The number of unbranched alkanes of at least 4 members (excludes halogenated alkanes) is 23. The maximum Gasteiger partial charge on any atom is 0.306 e. The zero-order valence-electron chi connectivity index (χ0n) is 31.2. The second-order valence-electron chi connectivity index (χ2n) is 13.7. The van der Waals surface area contributed by atoms with Crippen molar-refractivity contribution < 1.29 is 28.5 Å². The molecule has 0 heterocycles. The SMILES string of the molecule is CCCCCCCCCCCCCCOCC(C)OC(=O)CCCCC(=O)OC(C)COCCCCCCCCCCCCCC. The van der Waals surface area contributed by atoms with E-state index in [4.69, 9.17) is 18.9 Å². The van der Waals surface area contributed by atoms with E-state index >= 15 is 0 Å². The molecule has 0 fully saturated rings. The van der Waals surface area contributed by atoms with Crippen LogP contribution in [-0.4, -0.2) is 50.6 Å². The van der Waals surface area contributed by atoms with Crippen molar-refractivity contribution in [3.8, 4) is 0 Å². The largest absolute Gasteiger partial charge is 0.460 e. The van der Waals surface area contributed by atoms with Gasteiger partial charge < -0.3 is 18.9 Å². The third-order valence-electron chi connectivity index (χ3n) is 8.67. The molecule has 0 bridgehead atoms. The molecule has 0 aliphatic carbocycles. The summed E-state index contributed by atoms with van der Waals surface area (Å²) in [5.41, 5.74) is 0. The minimum Gasteiger partial charge on any atom is -0.460 e. The molecule has 0 aromatic heterocycles. The molecular formula is C40H78O6. The summed E-state index contributed by atoms with van der Waals surface area (Å²) in [4.78, 5) is 24.3. The Morgan fingerprint density at radius 2 is 0.652 bits per heavy atom. The van der Waals surface area contributed by atoms with Crippen molar-refractivity contribution >= 4 is 11.9 Å². The molecule has 0 aliphatic heterocycles. The summed E-state index contributed by atoms with van der Waals surface area (Å²) in [5, 5.41) is 0. The van der Waals surface area contributed by atoms with Gasteiger partial charge in [0.05, 0.1) is 13.2 Å². The smallest absolute Gasteiger partial charge is 0.306 e. The van der Waals surface area contributed by atoms with Crippen molar-refractivity contribution in [1.29, 1.82) is 0 Å². The van der Waals surface area contributed by atoms with Gasteiger partial charge in [-0.1, -0.05) is 155 Å². The highest BCUT2D eigenvalue weighted by Crippen LogP contribution is 2.14. The number of carbonyl (C=O) groups excluding carboxylic acids is 2. The second kappa shape index (κ2) is 36.7. The molecule has 0 N–H and O–H groups in total. The zero-order chi connectivity index (χ0) is 33.8. The highest BCUT2D eigenvalue weighted by Gasteiger charge is 2.12. The third-order valence-corrected chi connectivity index (χ3v) is 8.67. The quantitative estimate of drug-likeness (QED) is 0.0490. The van der Waals surface area contributed by atoms with Crippen LogP contribution in [0, 0.1) is 0 Å². The van der Waals surface area contributed by atoms with E-state index in [1.807, 2.05) is 13.8 Å². The van der Waals surface area contributed by atoms with Crippen LogP contribution in [0.25, 0.3) is 0 Å². The standard InChI is InChI=1S/C40H78O6/c1-5-7-9-11-13-15-17-19-21-23-25-29-33-43-35-37(3)45-39(41)31-27-28-32-40(42)46-38(4)36-44-34-30-26-24-22-20-18-16-14-12-10-8-6-2/h37-38H,5-36H2,1-4H3. The minimum absolute atomic E-state index is 0.227. The Morgan fingerprint density at radius 1 is 0.391 bits per heavy atom. The monoisotopic (exact) mass is 655 g/mol. The molecular weight excluding hydrogens is 576 g/mol. The molecule has 2 atom stereocenters. The summed E-state index contributed by atoms with van der Waals surface area (Å²) >= 11 is 0. The van der Waals surface area contributed by atoms with Crippen LogP contribution >= 0.6 is 0 Å². The maximum absolute atomic E-state index is 12.1. The molecule has 0 aromatic rings. The van der Waals surface area contributed by atoms with Crippen LogP contribution in [-0.2, 0) is 28.5 Å². The van der Waals surface area contributed by atoms with Crippen molar-refractivity contribution in [3.05, 3.63) is 0 Å². The Balaban J connectivity index is 3.47. The first-order valence-corrected chi connectivity index (χ1v) is 20.0. The number of rotatable bonds is 37. The van der Waals surface area contributed by atoms with Gasteiger partial charge >= 0.3 is 11.9 Å². The normalized spacial score (nSPS) is 12.7. The van der Waals surface area contributed by atoms with Crippen molar-refractivity contribution in [2.45, 2.75) is 220 Å². The lowest BCUT2D eigenvalue weighted by molar-refractivity contribution is -0.153. The first-order chi connectivity index (χ1) is 22.5. The summed E-state index contributed by atoms with van der Waals surface area (Å²) in [7, 11) is 0. The fraction of sp³-hybridized carbons (Fsp3) is 0.950. The molecule has 0 aliphatic rings. The third kappa shape index (κ3) is 35.7. The van der Waals surface area contributed by atoms with Crippen molar-refractivity contribution in [3.63, 3.8) is 0 Å². The van der Waals surface area contributed by atoms with Crippen molar-refractivity contribution in [2.75, 3.05) is 26.4 Å². The number of hydrogen-bond donors (Lipinski definition) is 0. The number of ether oxygens (including phenoxy) is 4. The predicted octanol–water partition coefficient (Wildman–Crippen LogP) is 11.8. The zero-order valence-corrected chi connectivity index (χ0v) is 31.2. The highest BCUT2D eigenvalue weighted by molar-refractivity contribution is 5.70. The average molecular weight is 655 g/mol. The van der Waals surface area contributed by atoms with Gasteiger partial charge in [-0.25, -0.2) is 0 Å². The highest BCUT2D eigenvalue weighted by atomic mass is 16.6. The van der Waals surface area contributed by atoms with Crippen molar-refractivity contribution in [2.24, 2.45) is 0 Å². The Kier molecular flexibility index (Phi) is 35.8. The average Bonchev–Trinajstić information content (AvgIpc) is 3.03. The molecule has 0 saturated carbocycles. The van der Waals surface area contributed by atoms with Crippen LogP contribution in [0.15, 0.2) is 0 Å². The Hall–Kier alpha value is -1.14. The fourth-order valence-corrected chi connectivity index (χ4v) is 5.76. The van der Waals surface area contributed by atoms with Crippen LogP contribution in [0.2, 0.25) is 0 Å². The lowest BCUT2D eigenvalue weighted by Gasteiger charge is -2.14. The van der Waals surface area contributed by atoms with Gasteiger partial charge in [0.15, 0.2) is 0 Å². The molecule has 0 amide bonds. The molecule has 46 heavy (non-hydrogen) atoms. The van der Waals surface area contributed by atoms with Gasteiger partial charge in [0.2, 0.25) is 0 Å².